The van der Waals surface area contributed by atoms with Crippen molar-refractivity contribution in [3.63, 3.8) is 0 Å². The predicted octanol–water partition coefficient (Wildman–Crippen LogP) is 10.5. The number of nitro benzene ring substituents is 2. The molecule has 0 aliphatic rings. The van der Waals surface area contributed by atoms with Crippen LogP contribution in [0.3, 0.4) is 0 Å². The molecule has 362 valence electrons. The number of unbranched alkanes of at least 4 members (excludes halogenated alkanes) is 2. The molecule has 0 bridgehead atoms. The Balaban J connectivity index is 1.05. The molecule has 0 amide bonds. The summed E-state index contributed by atoms with van der Waals surface area (Å²) in [6, 6.07) is 37.0. The summed E-state index contributed by atoms with van der Waals surface area (Å²) in [6.07, 6.45) is 7.08. The highest BCUT2D eigenvalue weighted by atomic mass is 16.6. The van der Waals surface area contributed by atoms with Gasteiger partial charge in [-0.3, -0.25) is 20.2 Å². The molecule has 0 unspecified atom stereocenters. The molecule has 6 rings (SSSR count). The van der Waals surface area contributed by atoms with Gasteiger partial charge in [-0.2, -0.15) is 10.5 Å². The van der Waals surface area contributed by atoms with Gasteiger partial charge in [0.05, 0.1) is 46.3 Å². The van der Waals surface area contributed by atoms with Crippen LogP contribution in [0.5, 0.6) is 23.0 Å². The van der Waals surface area contributed by atoms with Gasteiger partial charge < -0.3 is 28.4 Å². The molecule has 0 aliphatic carbocycles. The lowest BCUT2D eigenvalue weighted by atomic mass is 9.95. The number of nitro groups is 2. The Bertz CT molecular complexity index is 2860. The average molecular weight is 971 g/mol. The zero-order valence-corrected chi connectivity index (χ0v) is 38.2. The molecule has 0 N–H and O–H groups in total. The molecule has 0 saturated heterocycles. The van der Waals surface area contributed by atoms with Crippen LogP contribution in [0, 0.1) is 42.9 Å². The number of esters is 4. The Kier molecular flexibility index (Phi) is 18.6. The Hall–Kier alpha value is -9.94. The van der Waals surface area contributed by atoms with E-state index in [-0.39, 0.29) is 45.1 Å². The van der Waals surface area contributed by atoms with Crippen molar-refractivity contribution in [2.75, 3.05) is 13.2 Å². The molecule has 6 aromatic rings. The van der Waals surface area contributed by atoms with E-state index >= 15 is 0 Å². The fourth-order valence-electron chi connectivity index (χ4n) is 6.56. The maximum atomic E-state index is 12.9. The Morgan fingerprint density at radius 2 is 0.861 bits per heavy atom. The zero-order chi connectivity index (χ0) is 51.2. The second-order valence-corrected chi connectivity index (χ2v) is 15.3. The quantitative estimate of drug-likeness (QED) is 0.0144. The number of rotatable bonds is 23. The van der Waals surface area contributed by atoms with E-state index in [0.717, 1.165) is 12.2 Å². The number of hydrogen-bond donors (Lipinski definition) is 0. The van der Waals surface area contributed by atoms with E-state index < -0.39 is 46.9 Å². The van der Waals surface area contributed by atoms with Crippen molar-refractivity contribution in [3.8, 4) is 46.3 Å². The number of non-ortho nitro benzene ring substituents is 2. The van der Waals surface area contributed by atoms with Crippen molar-refractivity contribution in [2.24, 2.45) is 0 Å². The lowest BCUT2D eigenvalue weighted by molar-refractivity contribution is -0.385. The van der Waals surface area contributed by atoms with E-state index in [1.165, 1.54) is 72.8 Å². The van der Waals surface area contributed by atoms with Crippen LogP contribution in [0.4, 0.5) is 11.4 Å². The molecular weight excluding hydrogens is 929 g/mol. The van der Waals surface area contributed by atoms with E-state index in [1.54, 1.807) is 72.8 Å². The number of hydrogen-bond acceptors (Lipinski definition) is 16. The summed E-state index contributed by atoms with van der Waals surface area (Å²) in [5.74, 6) is -1.24. The van der Waals surface area contributed by atoms with Crippen molar-refractivity contribution in [1.82, 2.24) is 0 Å². The maximum absolute atomic E-state index is 12.9. The van der Waals surface area contributed by atoms with Crippen LogP contribution in [0.1, 0.15) is 68.7 Å². The molecule has 0 saturated carbocycles. The van der Waals surface area contributed by atoms with Gasteiger partial charge in [0.2, 0.25) is 0 Å². The highest BCUT2D eigenvalue weighted by Crippen LogP contribution is 2.33. The normalized spacial score (nSPS) is 10.7. The van der Waals surface area contributed by atoms with Crippen LogP contribution in [0.2, 0.25) is 0 Å². The molecule has 0 aromatic heterocycles. The molecule has 0 fully saturated rings. The van der Waals surface area contributed by atoms with Gasteiger partial charge in [-0.1, -0.05) is 24.3 Å². The fourth-order valence-corrected chi connectivity index (χ4v) is 6.56. The number of ether oxygens (including phenoxy) is 6. The average Bonchev–Trinajstić information content (AvgIpc) is 3.39. The smallest absolute Gasteiger partial charge is 0.343 e. The van der Waals surface area contributed by atoms with Crippen LogP contribution in [-0.2, 0) is 32.3 Å². The largest absolute Gasteiger partial charge is 0.494 e. The van der Waals surface area contributed by atoms with E-state index in [0.29, 0.717) is 72.6 Å². The SMILES string of the molecule is N#CCCCOc1ccc(C(=O)Oc2ccc(/C=C/C(=O)OCc3cc([N+](=O)[O-])ccc3-c3ccc([N+](=O)[O-])cc3COC(=O)/C=C/c3ccc(OC(=O)c4ccc(OCCCC#N)cc4)cc3)cc2)cc1. The molecular formula is C54H42N4O14. The number of nitrogens with zero attached hydrogens (tertiary/aromatic N) is 4. The van der Waals surface area contributed by atoms with Crippen molar-refractivity contribution in [3.05, 3.63) is 199 Å². The molecule has 0 aliphatic heterocycles. The first kappa shape index (κ1) is 51.5. The summed E-state index contributed by atoms with van der Waals surface area (Å²) in [6.45, 7) is -0.157. The van der Waals surface area contributed by atoms with E-state index in [9.17, 15) is 39.4 Å². The van der Waals surface area contributed by atoms with Gasteiger partial charge in [-0.05, 0) is 132 Å². The molecule has 18 heteroatoms. The van der Waals surface area contributed by atoms with Crippen LogP contribution in [-0.4, -0.2) is 46.9 Å². The standard InChI is InChI=1S/C54H42N4O14/c55-29-1-3-31-67-45-21-11-39(12-22-45)53(61)71-47-17-5-37(6-18-47)9-27-51(59)69-35-41-33-43(57(63)64)15-25-49(41)50-26-16-44(58(65)66)34-42(50)36-70-52(60)28-10-38-7-19-48(20-8-38)72-54(62)40-13-23-46(24-14-40)68-32-4-2-30-56/h5-28,33-34H,1-4,31-32,35-36H2/b27-9+,28-10+. The van der Waals surface area contributed by atoms with Crippen LogP contribution in [0.25, 0.3) is 23.3 Å². The molecule has 0 atom stereocenters. The van der Waals surface area contributed by atoms with Gasteiger partial charge in [0.1, 0.15) is 36.2 Å². The van der Waals surface area contributed by atoms with Crippen molar-refractivity contribution >= 4 is 47.4 Å². The first-order valence-electron chi connectivity index (χ1n) is 22.0. The summed E-state index contributed by atoms with van der Waals surface area (Å²) < 4.78 is 32.9. The van der Waals surface area contributed by atoms with Crippen molar-refractivity contribution in [2.45, 2.75) is 38.9 Å². The predicted molar refractivity (Wildman–Crippen MR) is 259 cm³/mol. The topological polar surface area (TPSA) is 258 Å². The zero-order valence-electron chi connectivity index (χ0n) is 38.2. The highest BCUT2D eigenvalue weighted by molar-refractivity contribution is 5.92. The Morgan fingerprint density at radius 3 is 1.21 bits per heavy atom. The van der Waals surface area contributed by atoms with E-state index in [2.05, 4.69) is 0 Å². The minimum Gasteiger partial charge on any atom is -0.494 e. The summed E-state index contributed by atoms with van der Waals surface area (Å²) in [4.78, 5) is 73.5. The van der Waals surface area contributed by atoms with Gasteiger partial charge in [-0.15, -0.1) is 0 Å². The summed E-state index contributed by atoms with van der Waals surface area (Å²) in [7, 11) is 0. The minimum atomic E-state index is -0.807. The lowest BCUT2D eigenvalue weighted by Gasteiger charge is -2.14. The van der Waals surface area contributed by atoms with Crippen LogP contribution < -0.4 is 18.9 Å². The van der Waals surface area contributed by atoms with Crippen LogP contribution in [0.15, 0.2) is 146 Å². The summed E-state index contributed by atoms with van der Waals surface area (Å²) in [5, 5.41) is 40.9. The number of nitriles is 2. The van der Waals surface area contributed by atoms with Crippen LogP contribution >= 0.6 is 0 Å². The Labute approximate surface area is 411 Å². The third kappa shape index (κ3) is 15.6. The third-order valence-electron chi connectivity index (χ3n) is 10.2. The molecule has 0 heterocycles. The molecule has 0 spiro atoms. The van der Waals surface area contributed by atoms with Gasteiger partial charge >= 0.3 is 23.9 Å². The van der Waals surface area contributed by atoms with Gasteiger partial charge in [0, 0.05) is 60.4 Å². The fraction of sp³-hybridized carbons (Fsp3) is 0.148. The minimum absolute atomic E-state index is 0.178. The monoisotopic (exact) mass is 970 g/mol. The van der Waals surface area contributed by atoms with Crippen molar-refractivity contribution in [1.29, 1.82) is 10.5 Å². The first-order valence-corrected chi connectivity index (χ1v) is 22.0. The van der Waals surface area contributed by atoms with E-state index in [1.807, 2.05) is 12.1 Å². The number of carbonyl (C=O) groups excluding carboxylic acids is 4. The molecule has 72 heavy (non-hydrogen) atoms. The van der Waals surface area contributed by atoms with Gasteiger partial charge in [0.15, 0.2) is 0 Å². The van der Waals surface area contributed by atoms with Gasteiger partial charge in [-0.25, -0.2) is 19.2 Å². The Morgan fingerprint density at radius 1 is 0.500 bits per heavy atom. The summed E-state index contributed by atoms with van der Waals surface area (Å²) >= 11 is 0. The third-order valence-corrected chi connectivity index (χ3v) is 10.2. The lowest BCUT2D eigenvalue weighted by Crippen LogP contribution is -2.08. The molecule has 18 nitrogen and oxygen atoms in total. The van der Waals surface area contributed by atoms with E-state index in [4.69, 9.17) is 38.9 Å². The number of benzene rings is 6. The van der Waals surface area contributed by atoms with Gasteiger partial charge in [0.25, 0.3) is 11.4 Å². The highest BCUT2D eigenvalue weighted by Gasteiger charge is 2.20. The second kappa shape index (κ2) is 26.0. The number of carbonyl (C=O) groups is 4. The second-order valence-electron chi connectivity index (χ2n) is 15.3. The van der Waals surface area contributed by atoms with Crippen molar-refractivity contribution < 1.29 is 57.4 Å². The molecule has 0 radical (unpaired) electrons. The maximum Gasteiger partial charge on any atom is 0.343 e. The summed E-state index contributed by atoms with van der Waals surface area (Å²) in [5.41, 5.74) is 2.02. The molecule has 6 aromatic carbocycles. The first-order chi connectivity index (χ1) is 34.9.